The van der Waals surface area contributed by atoms with Crippen LogP contribution in [0.2, 0.25) is 5.15 Å². The quantitative estimate of drug-likeness (QED) is 0.788. The summed E-state index contributed by atoms with van der Waals surface area (Å²) in [5, 5.41) is 4.71. The first kappa shape index (κ1) is 12.7. The highest BCUT2D eigenvalue weighted by molar-refractivity contribution is 6.29. The summed E-state index contributed by atoms with van der Waals surface area (Å²) in [6.07, 6.45) is 7.59. The number of allylic oxidation sites excluding steroid dienone is 1. The van der Waals surface area contributed by atoms with E-state index in [0.29, 0.717) is 5.15 Å². The lowest BCUT2D eigenvalue weighted by molar-refractivity contribution is 0.940. The van der Waals surface area contributed by atoms with Crippen LogP contribution in [0.25, 0.3) is 29.2 Å². The number of hydrogen-bond donors (Lipinski definition) is 1. The smallest absolute Gasteiger partial charge is 0.154 e. The summed E-state index contributed by atoms with van der Waals surface area (Å²) in [4.78, 5) is 7.64. The molecule has 0 spiro atoms. The van der Waals surface area contributed by atoms with Crippen molar-refractivity contribution in [1.29, 1.82) is 0 Å². The van der Waals surface area contributed by atoms with Gasteiger partial charge >= 0.3 is 0 Å². The van der Waals surface area contributed by atoms with E-state index < -0.39 is 0 Å². The third-order valence-corrected chi connectivity index (χ3v) is 3.24. The van der Waals surface area contributed by atoms with Crippen LogP contribution >= 0.6 is 11.6 Å². The molecule has 3 aromatic heterocycles. The van der Waals surface area contributed by atoms with Crippen molar-refractivity contribution in [2.24, 2.45) is 0 Å². The zero-order valence-electron chi connectivity index (χ0n) is 11.0. The van der Waals surface area contributed by atoms with E-state index in [2.05, 4.69) is 21.6 Å². The maximum absolute atomic E-state index is 5.95. The van der Waals surface area contributed by atoms with E-state index >= 15 is 0 Å². The molecule has 0 radical (unpaired) electrons. The fourth-order valence-corrected chi connectivity index (χ4v) is 2.28. The van der Waals surface area contributed by atoms with Gasteiger partial charge in [-0.2, -0.15) is 5.10 Å². The number of H-pyrrole nitrogens is 1. The average Bonchev–Trinajstić information content (AvgIpc) is 3.02. The third kappa shape index (κ3) is 2.04. The Morgan fingerprint density at radius 1 is 1.40 bits per heavy atom. The fraction of sp³-hybridized carbons (Fsp3) is 0.0667. The van der Waals surface area contributed by atoms with Crippen molar-refractivity contribution in [3.05, 3.63) is 53.5 Å². The molecule has 0 amide bonds. The van der Waals surface area contributed by atoms with Crippen molar-refractivity contribution in [2.45, 2.75) is 6.92 Å². The molecule has 0 aliphatic carbocycles. The summed E-state index contributed by atoms with van der Waals surface area (Å²) in [5.74, 6) is 0. The number of nitrogens with one attached hydrogen (secondary N) is 1. The Bertz CT molecular complexity index is 811. The molecule has 0 aromatic carbocycles. The van der Waals surface area contributed by atoms with Gasteiger partial charge in [-0.15, -0.1) is 0 Å². The Kier molecular flexibility index (Phi) is 3.16. The van der Waals surface area contributed by atoms with E-state index in [1.54, 1.807) is 22.9 Å². The zero-order chi connectivity index (χ0) is 14.1. The number of aromatic amines is 1. The Balaban J connectivity index is 2.20. The molecule has 3 heterocycles. The molecule has 0 aliphatic heterocycles. The topological polar surface area (TPSA) is 46.0 Å². The lowest BCUT2D eigenvalue weighted by Gasteiger charge is -1.98. The number of aromatic nitrogens is 4. The van der Waals surface area contributed by atoms with E-state index in [1.807, 2.05) is 31.2 Å². The van der Waals surface area contributed by atoms with Crippen molar-refractivity contribution < 1.29 is 0 Å². The van der Waals surface area contributed by atoms with Crippen LogP contribution in [0.3, 0.4) is 0 Å². The van der Waals surface area contributed by atoms with Crippen molar-refractivity contribution in [3.63, 3.8) is 0 Å². The maximum Gasteiger partial charge on any atom is 0.154 e. The van der Waals surface area contributed by atoms with Crippen molar-refractivity contribution in [2.75, 3.05) is 0 Å². The number of hydrogen-bond acceptors (Lipinski definition) is 2. The molecule has 1 N–H and O–H groups in total. The van der Waals surface area contributed by atoms with E-state index in [0.717, 1.165) is 28.3 Å². The van der Waals surface area contributed by atoms with Crippen LogP contribution in [0.5, 0.6) is 0 Å². The minimum absolute atomic E-state index is 0.431. The molecule has 3 aromatic rings. The number of nitrogens with zero attached hydrogens (tertiary/aromatic N) is 3. The normalized spacial score (nSPS) is 11.5. The predicted octanol–water partition coefficient (Wildman–Crippen LogP) is 4.05. The minimum Gasteiger partial charge on any atom is -0.353 e. The highest BCUT2D eigenvalue weighted by atomic mass is 35.5. The van der Waals surface area contributed by atoms with Crippen LogP contribution in [0, 0.1) is 0 Å². The number of halogens is 1. The van der Waals surface area contributed by atoms with Crippen LogP contribution in [0.15, 0.2) is 37.1 Å². The fourth-order valence-electron chi connectivity index (χ4n) is 2.15. The lowest BCUT2D eigenvalue weighted by Crippen LogP contribution is -1.94. The molecule has 0 unspecified atom stereocenters. The van der Waals surface area contributed by atoms with E-state index in [9.17, 15) is 0 Å². The molecule has 20 heavy (non-hydrogen) atoms. The molecule has 0 atom stereocenters. The Hall–Kier alpha value is -2.33. The maximum atomic E-state index is 5.95. The van der Waals surface area contributed by atoms with Crippen LogP contribution in [-0.2, 0) is 0 Å². The van der Waals surface area contributed by atoms with E-state index in [1.165, 1.54) is 0 Å². The highest BCUT2D eigenvalue weighted by Crippen LogP contribution is 2.24. The first-order valence-corrected chi connectivity index (χ1v) is 6.59. The average molecular weight is 285 g/mol. The van der Waals surface area contributed by atoms with Gasteiger partial charge in [-0.1, -0.05) is 30.3 Å². The standard InChI is InChI=1S/C15H13ClN4/c1-3-5-10-8-12(18-11(10)4-2)13-9-17-15-7-6-14(16)19-20(13)15/h3-9,18H,2H2,1H3/b5-3-. The molecule has 0 aliphatic rings. The summed E-state index contributed by atoms with van der Waals surface area (Å²) in [6, 6.07) is 5.61. The summed E-state index contributed by atoms with van der Waals surface area (Å²) in [5.41, 5.74) is 4.59. The van der Waals surface area contributed by atoms with Crippen molar-refractivity contribution in [3.8, 4) is 11.4 Å². The van der Waals surface area contributed by atoms with Crippen molar-refractivity contribution >= 4 is 29.4 Å². The second kappa shape index (κ2) is 4.98. The second-order valence-electron chi connectivity index (χ2n) is 4.33. The summed E-state index contributed by atoms with van der Waals surface area (Å²) in [6.45, 7) is 5.80. The van der Waals surface area contributed by atoms with Crippen LogP contribution in [0.4, 0.5) is 0 Å². The van der Waals surface area contributed by atoms with Crippen LogP contribution in [0.1, 0.15) is 18.2 Å². The second-order valence-corrected chi connectivity index (χ2v) is 4.71. The predicted molar refractivity (Wildman–Crippen MR) is 82.6 cm³/mol. The Morgan fingerprint density at radius 3 is 3.00 bits per heavy atom. The van der Waals surface area contributed by atoms with E-state index in [4.69, 9.17) is 11.6 Å². The van der Waals surface area contributed by atoms with Crippen LogP contribution in [-0.4, -0.2) is 19.6 Å². The minimum atomic E-state index is 0.431. The lowest BCUT2D eigenvalue weighted by atomic mass is 10.2. The summed E-state index contributed by atoms with van der Waals surface area (Å²) >= 11 is 5.95. The van der Waals surface area contributed by atoms with E-state index in [-0.39, 0.29) is 0 Å². The SMILES string of the molecule is C=Cc1[nH]c(-c2cnc3ccc(Cl)nn23)cc1/C=C\C. The number of rotatable bonds is 3. The highest BCUT2D eigenvalue weighted by Gasteiger charge is 2.11. The summed E-state index contributed by atoms with van der Waals surface area (Å²) in [7, 11) is 0. The molecule has 5 heteroatoms. The molecule has 4 nitrogen and oxygen atoms in total. The zero-order valence-corrected chi connectivity index (χ0v) is 11.7. The molecular formula is C15H13ClN4. The van der Waals surface area contributed by atoms with Gasteiger partial charge < -0.3 is 4.98 Å². The van der Waals surface area contributed by atoms with Gasteiger partial charge in [0.1, 0.15) is 10.8 Å². The number of imidazole rings is 1. The number of fused-ring (bicyclic) bond motifs is 1. The Labute approximate surface area is 121 Å². The van der Waals surface area contributed by atoms with Gasteiger partial charge in [0, 0.05) is 5.69 Å². The molecule has 0 bridgehead atoms. The third-order valence-electron chi connectivity index (χ3n) is 3.04. The van der Waals surface area contributed by atoms with Gasteiger partial charge in [-0.05, 0) is 36.8 Å². The van der Waals surface area contributed by atoms with Gasteiger partial charge in [0.2, 0.25) is 0 Å². The van der Waals surface area contributed by atoms with Gasteiger partial charge in [0.05, 0.1) is 11.9 Å². The molecular weight excluding hydrogens is 272 g/mol. The molecule has 3 rings (SSSR count). The van der Waals surface area contributed by atoms with Crippen LogP contribution < -0.4 is 0 Å². The molecule has 100 valence electrons. The van der Waals surface area contributed by atoms with Gasteiger partial charge in [-0.25, -0.2) is 9.50 Å². The first-order chi connectivity index (χ1) is 9.72. The summed E-state index contributed by atoms with van der Waals surface area (Å²) < 4.78 is 1.72. The first-order valence-electron chi connectivity index (χ1n) is 6.21. The van der Waals surface area contributed by atoms with Gasteiger partial charge in [0.25, 0.3) is 0 Å². The molecule has 0 saturated carbocycles. The molecule has 0 fully saturated rings. The van der Waals surface area contributed by atoms with Gasteiger partial charge in [-0.3, -0.25) is 0 Å². The van der Waals surface area contributed by atoms with Crippen molar-refractivity contribution in [1.82, 2.24) is 19.6 Å². The Morgan fingerprint density at radius 2 is 2.25 bits per heavy atom. The van der Waals surface area contributed by atoms with Gasteiger partial charge in [0.15, 0.2) is 5.65 Å². The monoisotopic (exact) mass is 284 g/mol. The molecule has 0 saturated heterocycles. The largest absolute Gasteiger partial charge is 0.353 e.